The first-order chi connectivity index (χ1) is 29.1. The molecule has 303 valence electrons. The maximum absolute atomic E-state index is 8.69. The van der Waals surface area contributed by atoms with Gasteiger partial charge in [-0.2, -0.15) is 0 Å². The molecule has 4 nitrogen and oxygen atoms in total. The number of pyridine rings is 1. The van der Waals surface area contributed by atoms with Crippen molar-refractivity contribution in [2.24, 2.45) is 5.92 Å². The predicted octanol–water partition coefficient (Wildman–Crippen LogP) is 14.3. The molecule has 10 rings (SSSR count). The number of hydrogen-bond donors (Lipinski definition) is 0. The molecular formula is C53H49IrN3OSSi-2. The Morgan fingerprint density at radius 3 is 2.28 bits per heavy atom. The van der Waals surface area contributed by atoms with Crippen molar-refractivity contribution in [1.82, 2.24) is 14.5 Å². The van der Waals surface area contributed by atoms with Crippen LogP contribution in [0.5, 0.6) is 0 Å². The Morgan fingerprint density at radius 2 is 1.50 bits per heavy atom. The third kappa shape index (κ3) is 7.92. The first kappa shape index (κ1) is 39.0. The number of fused-ring (bicyclic) bond motifs is 7. The average Bonchev–Trinajstić information content (AvgIpc) is 3.94. The zero-order valence-electron chi connectivity index (χ0n) is 37.3. The quantitative estimate of drug-likeness (QED) is 0.123. The first-order valence-electron chi connectivity index (χ1n) is 21.3. The van der Waals surface area contributed by atoms with Crippen LogP contribution in [0.15, 0.2) is 138 Å². The number of nitrogens with zero attached hydrogens (tertiary/aromatic N) is 3. The van der Waals surface area contributed by atoms with Crippen molar-refractivity contribution >= 4 is 77.7 Å². The Morgan fingerprint density at radius 1 is 0.783 bits per heavy atom. The van der Waals surface area contributed by atoms with Crippen LogP contribution in [-0.4, -0.2) is 22.6 Å². The molecule has 10 aromatic rings. The second-order valence-corrected chi connectivity index (χ2v) is 23.8. The van der Waals surface area contributed by atoms with E-state index in [9.17, 15) is 0 Å². The molecule has 0 fully saturated rings. The van der Waals surface area contributed by atoms with Crippen LogP contribution in [0.1, 0.15) is 48.5 Å². The molecule has 60 heavy (non-hydrogen) atoms. The number of para-hydroxylation sites is 3. The van der Waals surface area contributed by atoms with E-state index in [2.05, 4.69) is 142 Å². The van der Waals surface area contributed by atoms with Crippen molar-refractivity contribution in [2.45, 2.75) is 66.0 Å². The summed E-state index contributed by atoms with van der Waals surface area (Å²) in [5, 5.41) is 5.83. The summed E-state index contributed by atoms with van der Waals surface area (Å²) in [7, 11) is -1.71. The predicted molar refractivity (Wildman–Crippen MR) is 254 cm³/mol. The third-order valence-corrected chi connectivity index (χ3v) is 14.0. The van der Waals surface area contributed by atoms with E-state index in [1.165, 1.54) is 25.7 Å². The van der Waals surface area contributed by atoms with Crippen molar-refractivity contribution in [3.8, 4) is 28.3 Å². The van der Waals surface area contributed by atoms with Crippen LogP contribution >= 0.6 is 11.3 Å². The molecule has 4 heterocycles. The van der Waals surface area contributed by atoms with Gasteiger partial charge >= 0.3 is 0 Å². The summed E-state index contributed by atoms with van der Waals surface area (Å²) in [5.74, 6) is 0.729. The minimum atomic E-state index is -1.71. The molecular weight excluding hydrogens is 947 g/mol. The van der Waals surface area contributed by atoms with Crippen LogP contribution in [0.25, 0.3) is 81.5 Å². The Labute approximate surface area is 374 Å². The summed E-state index contributed by atoms with van der Waals surface area (Å²) in [6, 6.07) is 50.6. The maximum atomic E-state index is 8.69. The Bertz CT molecular complexity index is 3260. The van der Waals surface area contributed by atoms with Gasteiger partial charge in [-0.1, -0.05) is 125 Å². The van der Waals surface area contributed by atoms with Gasteiger partial charge in [0.2, 0.25) is 0 Å². The minimum absolute atomic E-state index is 0. The fourth-order valence-corrected chi connectivity index (χ4v) is 10.4. The second-order valence-electron chi connectivity index (χ2n) is 17.6. The summed E-state index contributed by atoms with van der Waals surface area (Å²) in [5.41, 5.74) is 9.44. The third-order valence-electron chi connectivity index (χ3n) is 10.8. The molecule has 0 saturated carbocycles. The van der Waals surface area contributed by atoms with Gasteiger partial charge in [-0.05, 0) is 71.1 Å². The van der Waals surface area contributed by atoms with Gasteiger partial charge in [-0.15, -0.1) is 64.9 Å². The summed E-state index contributed by atoms with van der Waals surface area (Å²) in [6.45, 7) is 17.2. The zero-order valence-corrected chi connectivity index (χ0v) is 39.5. The van der Waals surface area contributed by atoms with E-state index < -0.39 is 14.4 Å². The largest absolute Gasteiger partial charge is 0.501 e. The first-order valence-corrected chi connectivity index (χ1v) is 24.7. The van der Waals surface area contributed by atoms with E-state index in [1.807, 2.05) is 73.8 Å². The molecule has 0 spiro atoms. The molecule has 0 saturated heterocycles. The van der Waals surface area contributed by atoms with Crippen molar-refractivity contribution in [3.63, 3.8) is 0 Å². The number of benzene rings is 6. The van der Waals surface area contributed by atoms with Crippen LogP contribution in [0.2, 0.25) is 19.6 Å². The van der Waals surface area contributed by atoms with Crippen LogP contribution in [0.3, 0.4) is 0 Å². The van der Waals surface area contributed by atoms with Gasteiger partial charge < -0.3 is 14.0 Å². The van der Waals surface area contributed by atoms with E-state index in [1.54, 1.807) is 0 Å². The molecule has 0 aliphatic rings. The molecule has 6 aromatic carbocycles. The number of hydrogen-bond acceptors (Lipinski definition) is 4. The number of furan rings is 1. The molecule has 0 unspecified atom stereocenters. The molecule has 1 radical (unpaired) electrons. The van der Waals surface area contributed by atoms with Gasteiger partial charge in [-0.3, -0.25) is 4.98 Å². The smallest absolute Gasteiger partial charge is 0.120 e. The standard InChI is InChI=1S/C31H17N2OS.C22H32NSi.Ir/c1-5-14-27-20(8-1)22-10-7-11-23(30(22)34-27)31-32-25-12-3-4-13-26(25)33(31)19-16-17-29-24(18-19)21-9-2-6-15-28(21)35-29;1-16(2)12-18-14-20(23-15-21(18)24(6,7)8)17-10-9-11-19(13-17)22(3,4)5;/h1-10,12-18H;9,11,13-16H,12H2,1-8H3;/q2*-1;/i;12D2;. The van der Waals surface area contributed by atoms with Gasteiger partial charge in [0.1, 0.15) is 5.58 Å². The monoisotopic (exact) mass is 998 g/mol. The van der Waals surface area contributed by atoms with E-state index in [-0.39, 0.29) is 31.4 Å². The number of imidazole rings is 1. The van der Waals surface area contributed by atoms with E-state index >= 15 is 0 Å². The summed E-state index contributed by atoms with van der Waals surface area (Å²) >= 11 is 1.83. The zero-order chi connectivity index (χ0) is 42.8. The normalized spacial score (nSPS) is 12.8. The van der Waals surface area contributed by atoms with Crippen LogP contribution in [0, 0.1) is 18.1 Å². The summed E-state index contributed by atoms with van der Waals surface area (Å²) < 4.78 is 28.6. The molecule has 0 atom stereocenters. The number of aromatic nitrogens is 3. The van der Waals surface area contributed by atoms with Crippen LogP contribution < -0.4 is 5.19 Å². The van der Waals surface area contributed by atoms with Gasteiger partial charge in [0.05, 0.1) is 30.5 Å². The van der Waals surface area contributed by atoms with Gasteiger partial charge in [0.15, 0.2) is 0 Å². The Kier molecular flexibility index (Phi) is 10.6. The van der Waals surface area contributed by atoms with Crippen molar-refractivity contribution in [1.29, 1.82) is 0 Å². The van der Waals surface area contributed by atoms with Crippen molar-refractivity contribution < 1.29 is 27.3 Å². The SMILES string of the molecule is [2H]C([2H])(c1cc(-c2[c-]ccc(C(C)(C)C)c2)ncc1[Si](C)(C)C)C(C)C.[Ir].[c-]1ccc2c(oc3ccccc32)c1-c1nc2ccccc2n1-c1ccc2sc3ccccc3c2c1. The molecule has 0 N–H and O–H groups in total. The molecule has 0 aliphatic carbocycles. The molecule has 0 bridgehead atoms. The molecule has 7 heteroatoms. The second kappa shape index (κ2) is 16.4. The minimum Gasteiger partial charge on any atom is -0.501 e. The molecule has 4 aromatic heterocycles. The van der Waals surface area contributed by atoms with Crippen molar-refractivity contribution in [2.75, 3.05) is 0 Å². The maximum Gasteiger partial charge on any atom is 0.120 e. The van der Waals surface area contributed by atoms with Crippen molar-refractivity contribution in [3.05, 3.63) is 157 Å². The fourth-order valence-electron chi connectivity index (χ4n) is 7.88. The summed E-state index contributed by atoms with van der Waals surface area (Å²) in [6.07, 6.45) is 0.531. The van der Waals surface area contributed by atoms with Gasteiger partial charge in [0, 0.05) is 60.3 Å². The van der Waals surface area contributed by atoms with Crippen LogP contribution in [-0.2, 0) is 31.9 Å². The van der Waals surface area contributed by atoms with Gasteiger partial charge in [0.25, 0.3) is 0 Å². The Hall–Kier alpha value is -5.17. The summed E-state index contributed by atoms with van der Waals surface area (Å²) in [4.78, 5) is 9.79. The average molecular weight is 998 g/mol. The number of thiophene rings is 1. The van der Waals surface area contributed by atoms with Gasteiger partial charge in [-0.25, -0.2) is 0 Å². The fraction of sp³-hybridized carbons (Fsp3) is 0.208. The van der Waals surface area contributed by atoms with E-state index in [4.69, 9.17) is 17.1 Å². The van der Waals surface area contributed by atoms with E-state index in [0.29, 0.717) is 0 Å². The number of rotatable bonds is 6. The topological polar surface area (TPSA) is 43.9 Å². The molecule has 0 aliphatic heterocycles. The van der Waals surface area contributed by atoms with Crippen LogP contribution in [0.4, 0.5) is 0 Å². The molecule has 0 amide bonds. The van der Waals surface area contributed by atoms with E-state index in [0.717, 1.165) is 72.1 Å². The Balaban J connectivity index is 0.000000177.